The maximum atomic E-state index is 12.2. The van der Waals surface area contributed by atoms with Crippen LogP contribution in [0.3, 0.4) is 0 Å². The molecule has 0 atom stereocenters. The van der Waals surface area contributed by atoms with Crippen LogP contribution in [0.5, 0.6) is 0 Å². The quantitative estimate of drug-likeness (QED) is 0.559. The minimum Gasteiger partial charge on any atom is -0.444 e. The van der Waals surface area contributed by atoms with Gasteiger partial charge in [-0.2, -0.15) is 0 Å². The van der Waals surface area contributed by atoms with Crippen molar-refractivity contribution in [1.82, 2.24) is 9.88 Å². The van der Waals surface area contributed by atoms with Crippen molar-refractivity contribution in [2.75, 3.05) is 17.7 Å². The molecule has 32 heavy (non-hydrogen) atoms. The van der Waals surface area contributed by atoms with Gasteiger partial charge < -0.3 is 20.3 Å². The standard InChI is InChI=1S/C25H30N4O3/c1-17(30)27-23-12-11-20-10-9-18(14-22(20)28-23)15-26-21-8-6-7-19(13-21)16-29(5)24(31)32-25(2,3)4/h6-14,26H,15-16H2,1-5H3,(H,27,28,30). The third kappa shape index (κ3) is 6.70. The van der Waals surface area contributed by atoms with Crippen molar-refractivity contribution in [2.24, 2.45) is 0 Å². The van der Waals surface area contributed by atoms with Crippen molar-refractivity contribution in [3.05, 3.63) is 65.7 Å². The van der Waals surface area contributed by atoms with Crippen LogP contribution in [-0.2, 0) is 22.6 Å². The Labute approximate surface area is 188 Å². The fourth-order valence-corrected chi connectivity index (χ4v) is 3.18. The molecular formula is C25H30N4O3. The number of amides is 2. The van der Waals surface area contributed by atoms with Crippen molar-refractivity contribution >= 4 is 34.4 Å². The summed E-state index contributed by atoms with van der Waals surface area (Å²) in [6, 6.07) is 17.8. The van der Waals surface area contributed by atoms with Crippen LogP contribution in [0.2, 0.25) is 0 Å². The van der Waals surface area contributed by atoms with Crippen molar-refractivity contribution in [3.8, 4) is 0 Å². The van der Waals surface area contributed by atoms with Gasteiger partial charge in [0.1, 0.15) is 11.4 Å². The molecule has 2 N–H and O–H groups in total. The maximum Gasteiger partial charge on any atom is 0.410 e. The molecule has 0 unspecified atom stereocenters. The number of nitrogens with zero attached hydrogens (tertiary/aromatic N) is 2. The lowest BCUT2D eigenvalue weighted by molar-refractivity contribution is -0.114. The monoisotopic (exact) mass is 434 g/mol. The number of hydrogen-bond acceptors (Lipinski definition) is 5. The first-order valence-electron chi connectivity index (χ1n) is 10.5. The highest BCUT2D eigenvalue weighted by atomic mass is 16.6. The molecule has 0 bridgehead atoms. The number of hydrogen-bond donors (Lipinski definition) is 2. The average molecular weight is 435 g/mol. The largest absolute Gasteiger partial charge is 0.444 e. The molecule has 1 heterocycles. The van der Waals surface area contributed by atoms with E-state index in [9.17, 15) is 9.59 Å². The summed E-state index contributed by atoms with van der Waals surface area (Å²) < 4.78 is 5.41. The van der Waals surface area contributed by atoms with Gasteiger partial charge in [0.25, 0.3) is 0 Å². The molecule has 0 fully saturated rings. The maximum absolute atomic E-state index is 12.2. The van der Waals surface area contributed by atoms with Gasteiger partial charge in [-0.05, 0) is 62.2 Å². The summed E-state index contributed by atoms with van der Waals surface area (Å²) >= 11 is 0. The fraction of sp³-hybridized carbons (Fsp3) is 0.320. The lowest BCUT2D eigenvalue weighted by atomic mass is 10.1. The summed E-state index contributed by atoms with van der Waals surface area (Å²) in [6.07, 6.45) is -0.349. The van der Waals surface area contributed by atoms with Crippen molar-refractivity contribution < 1.29 is 14.3 Å². The zero-order valence-corrected chi connectivity index (χ0v) is 19.2. The van der Waals surface area contributed by atoms with Gasteiger partial charge in [-0.25, -0.2) is 9.78 Å². The molecule has 0 aliphatic heterocycles. The molecule has 0 saturated heterocycles. The van der Waals surface area contributed by atoms with Crippen molar-refractivity contribution in [1.29, 1.82) is 0 Å². The number of rotatable bonds is 6. The van der Waals surface area contributed by atoms with Gasteiger partial charge in [0.2, 0.25) is 5.91 Å². The topological polar surface area (TPSA) is 83.6 Å². The summed E-state index contributed by atoms with van der Waals surface area (Å²) in [5.74, 6) is 0.392. The molecule has 7 nitrogen and oxygen atoms in total. The van der Waals surface area contributed by atoms with Crippen LogP contribution in [0.25, 0.3) is 10.9 Å². The first kappa shape index (κ1) is 23.1. The molecule has 3 aromatic rings. The minimum atomic E-state index is -0.521. The second-order valence-corrected chi connectivity index (χ2v) is 8.80. The predicted molar refractivity (Wildman–Crippen MR) is 128 cm³/mol. The Bertz CT molecular complexity index is 1120. The highest BCUT2D eigenvalue weighted by Gasteiger charge is 2.19. The summed E-state index contributed by atoms with van der Waals surface area (Å²) in [6.45, 7) is 8.10. The number of nitrogens with one attached hydrogen (secondary N) is 2. The Morgan fingerprint density at radius 2 is 1.78 bits per heavy atom. The first-order valence-corrected chi connectivity index (χ1v) is 10.5. The second kappa shape index (κ2) is 9.68. The summed E-state index contributed by atoms with van der Waals surface area (Å²) in [4.78, 5) is 29.6. The van der Waals surface area contributed by atoms with Crippen LogP contribution in [0.1, 0.15) is 38.8 Å². The third-order valence-corrected chi connectivity index (χ3v) is 4.61. The molecule has 2 aromatic carbocycles. The lowest BCUT2D eigenvalue weighted by Gasteiger charge is -2.24. The molecule has 3 rings (SSSR count). The van der Waals surface area contributed by atoms with Gasteiger partial charge in [0.15, 0.2) is 0 Å². The second-order valence-electron chi connectivity index (χ2n) is 8.80. The summed E-state index contributed by atoms with van der Waals surface area (Å²) in [7, 11) is 1.73. The van der Waals surface area contributed by atoms with Crippen molar-refractivity contribution in [2.45, 2.75) is 46.4 Å². The van der Waals surface area contributed by atoms with E-state index in [4.69, 9.17) is 4.74 Å². The van der Waals surface area contributed by atoms with E-state index < -0.39 is 5.60 Å². The number of fused-ring (bicyclic) bond motifs is 1. The van der Waals surface area contributed by atoms with Crippen molar-refractivity contribution in [3.63, 3.8) is 0 Å². The van der Waals surface area contributed by atoms with Crippen LogP contribution in [0, 0.1) is 0 Å². The number of anilines is 2. The first-order chi connectivity index (χ1) is 15.1. The van der Waals surface area contributed by atoms with Crippen LogP contribution in [0.15, 0.2) is 54.6 Å². The van der Waals surface area contributed by atoms with E-state index in [1.807, 2.05) is 63.2 Å². The molecular weight excluding hydrogens is 404 g/mol. The van der Waals surface area contributed by atoms with E-state index in [1.165, 1.54) is 6.92 Å². The highest BCUT2D eigenvalue weighted by Crippen LogP contribution is 2.19. The number of benzene rings is 2. The molecule has 0 spiro atoms. The third-order valence-electron chi connectivity index (χ3n) is 4.61. The van der Waals surface area contributed by atoms with E-state index in [2.05, 4.69) is 21.7 Å². The zero-order valence-electron chi connectivity index (χ0n) is 19.2. The minimum absolute atomic E-state index is 0.146. The fourth-order valence-electron chi connectivity index (χ4n) is 3.18. The molecule has 2 amide bonds. The molecule has 0 aliphatic carbocycles. The molecule has 0 radical (unpaired) electrons. The van der Waals surface area contributed by atoms with Gasteiger partial charge >= 0.3 is 6.09 Å². The normalized spacial score (nSPS) is 11.2. The Kier molecular flexibility index (Phi) is 6.98. The van der Waals surface area contributed by atoms with Crippen LogP contribution in [0.4, 0.5) is 16.3 Å². The van der Waals surface area contributed by atoms with Gasteiger partial charge in [-0.15, -0.1) is 0 Å². The number of carbonyl (C=O) groups is 2. The van der Waals surface area contributed by atoms with E-state index in [-0.39, 0.29) is 12.0 Å². The van der Waals surface area contributed by atoms with E-state index >= 15 is 0 Å². The van der Waals surface area contributed by atoms with Gasteiger partial charge in [-0.1, -0.05) is 24.3 Å². The zero-order chi connectivity index (χ0) is 23.3. The van der Waals surface area contributed by atoms with E-state index in [1.54, 1.807) is 18.0 Å². The average Bonchev–Trinajstić information content (AvgIpc) is 2.70. The smallest absolute Gasteiger partial charge is 0.410 e. The lowest BCUT2D eigenvalue weighted by Crippen LogP contribution is -2.33. The highest BCUT2D eigenvalue weighted by molar-refractivity contribution is 5.89. The number of pyridine rings is 1. The Morgan fingerprint density at radius 1 is 1.03 bits per heavy atom. The van der Waals surface area contributed by atoms with Crippen LogP contribution < -0.4 is 10.6 Å². The molecule has 1 aromatic heterocycles. The van der Waals surface area contributed by atoms with E-state index in [0.717, 1.165) is 27.7 Å². The molecule has 7 heteroatoms. The van der Waals surface area contributed by atoms with Gasteiger partial charge in [0, 0.05) is 38.1 Å². The molecule has 0 aliphatic rings. The predicted octanol–water partition coefficient (Wildman–Crippen LogP) is 5.17. The Hall–Kier alpha value is -3.61. The Morgan fingerprint density at radius 3 is 2.50 bits per heavy atom. The molecule has 0 saturated carbocycles. The SMILES string of the molecule is CC(=O)Nc1ccc2ccc(CNc3cccc(CN(C)C(=O)OC(C)(C)C)c3)cc2n1. The summed E-state index contributed by atoms with van der Waals surface area (Å²) in [5, 5.41) is 7.14. The number of carbonyl (C=O) groups excluding carboxylic acids is 2. The summed E-state index contributed by atoms with van der Waals surface area (Å²) in [5.41, 5.74) is 3.33. The Balaban J connectivity index is 1.65. The van der Waals surface area contributed by atoms with Crippen LogP contribution in [-0.4, -0.2) is 34.5 Å². The van der Waals surface area contributed by atoms with E-state index in [0.29, 0.717) is 18.9 Å². The number of aromatic nitrogens is 1. The van der Waals surface area contributed by atoms with Gasteiger partial charge in [0.05, 0.1) is 5.52 Å². The van der Waals surface area contributed by atoms with Gasteiger partial charge in [-0.3, -0.25) is 4.79 Å². The molecule has 168 valence electrons. The number of ether oxygens (including phenoxy) is 1. The van der Waals surface area contributed by atoms with Crippen LogP contribution >= 0.6 is 0 Å².